The highest BCUT2D eigenvalue weighted by Crippen LogP contribution is 2.31. The Morgan fingerprint density at radius 3 is 2.20 bits per heavy atom. The maximum Gasteiger partial charge on any atom is 0.293 e. The molecule has 0 radical (unpaired) electrons. The average molecular weight is 882 g/mol. The van der Waals surface area contributed by atoms with Gasteiger partial charge in [0.25, 0.3) is 11.6 Å². The van der Waals surface area contributed by atoms with Crippen molar-refractivity contribution in [1.82, 2.24) is 14.5 Å². The Hall–Kier alpha value is -4.56. The normalized spacial score (nSPS) is 14.9. The van der Waals surface area contributed by atoms with Crippen LogP contribution < -0.4 is 14.9 Å². The highest BCUT2D eigenvalue weighted by molar-refractivity contribution is 7.99. The van der Waals surface area contributed by atoms with Crippen LogP contribution in [0.5, 0.6) is 0 Å². The molecule has 2 saturated heterocycles. The number of amides is 1. The molecule has 0 unspecified atom stereocenters. The van der Waals surface area contributed by atoms with Crippen molar-refractivity contribution in [2.45, 2.75) is 62.2 Å². The molecule has 2 fully saturated rings. The number of benzene rings is 5. The van der Waals surface area contributed by atoms with Crippen molar-refractivity contribution in [2.24, 2.45) is 0 Å². The van der Waals surface area contributed by atoms with Gasteiger partial charge in [0.15, 0.2) is 0 Å². The molecular weight excluding hydrogens is 824 g/mol. The number of hydrogen-bond donors (Lipinski definition) is 2. The third-order valence-corrected chi connectivity index (χ3v) is 12.8. The quantitative estimate of drug-likeness (QED) is 0.0327. The minimum absolute atomic E-state index is 0.0285. The first-order valence-corrected chi connectivity index (χ1v) is 23.3. The number of thioether (sulfide) groups is 1. The summed E-state index contributed by atoms with van der Waals surface area (Å²) < 4.78 is 8.58. The van der Waals surface area contributed by atoms with Gasteiger partial charge in [-0.05, 0) is 123 Å². The molecule has 0 saturated carbocycles. The van der Waals surface area contributed by atoms with Crippen molar-refractivity contribution in [1.29, 1.82) is 0 Å². The summed E-state index contributed by atoms with van der Waals surface area (Å²) in [6.45, 7) is 15.2. The van der Waals surface area contributed by atoms with Crippen molar-refractivity contribution in [2.75, 3.05) is 68.3 Å². The van der Waals surface area contributed by atoms with Crippen molar-refractivity contribution in [3.05, 3.63) is 148 Å². The summed E-state index contributed by atoms with van der Waals surface area (Å²) in [4.78, 5) is 33.3. The topological polar surface area (TPSA) is 103 Å². The van der Waals surface area contributed by atoms with Gasteiger partial charge in [-0.3, -0.25) is 24.5 Å². The number of piperidine rings is 1. The first-order valence-electron chi connectivity index (χ1n) is 21.1. The van der Waals surface area contributed by atoms with Crippen LogP contribution in [0.1, 0.15) is 49.5 Å². The zero-order valence-corrected chi connectivity index (χ0v) is 37.7. The van der Waals surface area contributed by atoms with E-state index in [1.54, 1.807) is 23.9 Å². The molecule has 0 aromatic heterocycles. The zero-order chi connectivity index (χ0) is 43.0. The van der Waals surface area contributed by atoms with Crippen LogP contribution >= 0.6 is 35.3 Å². The smallest absolute Gasteiger partial charge is 0.293 e. The van der Waals surface area contributed by atoms with E-state index in [1.165, 1.54) is 49.7 Å². The minimum atomic E-state index is -0.405. The molecule has 0 spiro atoms. The fourth-order valence-corrected chi connectivity index (χ4v) is 9.01. The number of rotatable bonds is 16. The second-order valence-electron chi connectivity index (χ2n) is 15.4. The number of carbonyl (C=O) groups excluding carboxylic acids is 1. The first-order chi connectivity index (χ1) is 29.6. The van der Waals surface area contributed by atoms with Gasteiger partial charge in [-0.15, -0.1) is 11.8 Å². The number of nitro groups is 1. The van der Waals surface area contributed by atoms with Crippen LogP contribution in [-0.2, 0) is 11.3 Å². The van der Waals surface area contributed by atoms with E-state index in [9.17, 15) is 14.9 Å². The summed E-state index contributed by atoms with van der Waals surface area (Å²) in [7, 11) is 0. The van der Waals surface area contributed by atoms with Crippen LogP contribution in [0, 0.1) is 10.1 Å². The minimum Gasteiger partial charge on any atom is -0.379 e. The van der Waals surface area contributed by atoms with E-state index >= 15 is 0 Å². The lowest BCUT2D eigenvalue weighted by atomic mass is 9.99. The predicted molar refractivity (Wildman–Crippen MR) is 254 cm³/mol. The molecule has 13 heteroatoms. The Balaban J connectivity index is 0.000000447. The molecule has 5 aromatic rings. The van der Waals surface area contributed by atoms with Gasteiger partial charge in [-0.2, -0.15) is 0 Å². The molecular formula is C48H57ClN6O4S2. The van der Waals surface area contributed by atoms with Gasteiger partial charge in [-0.25, -0.2) is 0 Å². The summed E-state index contributed by atoms with van der Waals surface area (Å²) >= 11 is 8.86. The monoisotopic (exact) mass is 880 g/mol. The molecule has 2 aliphatic heterocycles. The lowest BCUT2D eigenvalue weighted by Gasteiger charge is -2.36. The Morgan fingerprint density at radius 1 is 0.836 bits per heavy atom. The van der Waals surface area contributed by atoms with Crippen LogP contribution in [0.4, 0.5) is 17.1 Å². The molecule has 0 atom stereocenters. The Morgan fingerprint density at radius 2 is 1.52 bits per heavy atom. The van der Waals surface area contributed by atoms with Crippen molar-refractivity contribution >= 4 is 58.3 Å². The molecule has 5 aromatic carbocycles. The lowest BCUT2D eigenvalue weighted by Crippen LogP contribution is -2.46. The Bertz CT molecular complexity index is 2130. The number of nitrogens with zero attached hydrogens (tertiary/aromatic N) is 4. The fourth-order valence-electron chi connectivity index (χ4n) is 7.46. The van der Waals surface area contributed by atoms with E-state index in [1.807, 2.05) is 66.7 Å². The number of halogens is 1. The number of nitro benzene ring substituents is 1. The van der Waals surface area contributed by atoms with E-state index in [4.69, 9.17) is 16.3 Å². The lowest BCUT2D eigenvalue weighted by molar-refractivity contribution is -0.384. The molecule has 0 bridgehead atoms. The highest BCUT2D eigenvalue weighted by atomic mass is 35.5. The molecule has 10 nitrogen and oxygen atoms in total. The van der Waals surface area contributed by atoms with Crippen LogP contribution in [0.3, 0.4) is 0 Å². The van der Waals surface area contributed by atoms with E-state index < -0.39 is 4.92 Å². The summed E-state index contributed by atoms with van der Waals surface area (Å²) in [5.74, 6) is 0.507. The molecule has 2 aliphatic rings. The van der Waals surface area contributed by atoms with E-state index in [0.717, 1.165) is 71.6 Å². The van der Waals surface area contributed by atoms with Crippen LogP contribution in [0.2, 0.25) is 5.02 Å². The van der Waals surface area contributed by atoms with E-state index in [-0.39, 0.29) is 11.6 Å². The zero-order valence-electron chi connectivity index (χ0n) is 35.3. The number of likely N-dealkylation sites (tertiary alicyclic amines) is 1. The van der Waals surface area contributed by atoms with Gasteiger partial charge < -0.3 is 19.9 Å². The maximum atomic E-state index is 12.9. The summed E-state index contributed by atoms with van der Waals surface area (Å²) in [5.41, 5.74) is 5.71. The van der Waals surface area contributed by atoms with Crippen molar-refractivity contribution in [3.8, 4) is 11.1 Å². The number of hydrogen-bond acceptors (Lipinski definition) is 10. The van der Waals surface area contributed by atoms with E-state index in [0.29, 0.717) is 34.9 Å². The molecule has 2 heterocycles. The van der Waals surface area contributed by atoms with Crippen LogP contribution in [0.15, 0.2) is 131 Å². The summed E-state index contributed by atoms with van der Waals surface area (Å²) in [6, 6.07) is 39.1. The third-order valence-electron chi connectivity index (χ3n) is 10.7. The number of nitrogens with one attached hydrogen (secondary N) is 2. The van der Waals surface area contributed by atoms with Crippen LogP contribution in [-0.4, -0.2) is 90.9 Å². The van der Waals surface area contributed by atoms with Crippen molar-refractivity contribution in [3.63, 3.8) is 0 Å². The second kappa shape index (κ2) is 23.6. The number of piperazine rings is 1. The van der Waals surface area contributed by atoms with Crippen LogP contribution in [0.25, 0.3) is 11.1 Å². The molecule has 1 amide bonds. The molecule has 7 rings (SSSR count). The maximum absolute atomic E-state index is 12.9. The predicted octanol–water partition coefficient (Wildman–Crippen LogP) is 10.8. The third kappa shape index (κ3) is 14.2. The molecule has 322 valence electrons. The van der Waals surface area contributed by atoms with Crippen molar-refractivity contribution < 1.29 is 14.5 Å². The number of anilines is 2. The first kappa shape index (κ1) is 46.0. The van der Waals surface area contributed by atoms with Gasteiger partial charge in [0, 0.05) is 90.2 Å². The van der Waals surface area contributed by atoms with Gasteiger partial charge in [0.2, 0.25) is 0 Å². The summed E-state index contributed by atoms with van der Waals surface area (Å²) in [5, 5.41) is 15.7. The number of ether oxygens (including phenoxy) is 1. The summed E-state index contributed by atoms with van der Waals surface area (Å²) in [6.07, 6.45) is 3.34. The highest BCUT2D eigenvalue weighted by Gasteiger charge is 2.21. The molecule has 2 N–H and O–H groups in total. The van der Waals surface area contributed by atoms with Gasteiger partial charge in [-0.1, -0.05) is 73.1 Å². The SMILES string of the molecule is CCN1CCC(OC(C)C)CC1.O=C(NSc1ccc(NCCSc2ccccc2)c([N+](=O)[O-])c1)c1ccc(N2CCN(Cc3ccccc3-c3ccc(Cl)cc3)CC2)cc1. The Kier molecular flexibility index (Phi) is 17.8. The average Bonchev–Trinajstić information content (AvgIpc) is 3.28. The van der Waals surface area contributed by atoms with E-state index in [2.05, 4.69) is 81.9 Å². The molecule has 61 heavy (non-hydrogen) atoms. The van der Waals surface area contributed by atoms with Gasteiger partial charge in [0.05, 0.1) is 17.1 Å². The van der Waals surface area contributed by atoms with Gasteiger partial charge >= 0.3 is 0 Å². The largest absolute Gasteiger partial charge is 0.379 e. The molecule has 0 aliphatic carbocycles. The number of carbonyl (C=O) groups is 1. The second-order valence-corrected chi connectivity index (χ2v) is 17.8. The van der Waals surface area contributed by atoms with Gasteiger partial charge in [0.1, 0.15) is 5.69 Å². The fraction of sp³-hybridized carbons (Fsp3) is 0.354. The Labute approximate surface area is 374 Å². The standard InChI is InChI=1S/C38H36ClN5O3S2.C10H21NO/c39-31-14-10-28(11-15-31)35-9-5-4-6-30(35)27-42-21-23-43(24-22-42)32-16-12-29(13-17-32)38(45)41-49-34-18-19-36(37(26-34)44(46)47)40-20-25-48-33-7-2-1-3-8-33;1-4-11-7-5-10(6-8-11)12-9(2)3/h1-19,26,40H,20-25,27H2,(H,41,45);9-10H,4-8H2,1-3H3.